The third-order valence-corrected chi connectivity index (χ3v) is 3.05. The van der Waals surface area contributed by atoms with E-state index in [0.717, 1.165) is 22.7 Å². The molecule has 1 N–H and O–H groups in total. The zero-order valence-electron chi connectivity index (χ0n) is 11.6. The maximum absolute atomic E-state index is 10.6. The zero-order valence-corrected chi connectivity index (χ0v) is 13.6. The Morgan fingerprint density at radius 1 is 1.10 bits per heavy atom. The van der Waals surface area contributed by atoms with Crippen LogP contribution in [0.1, 0.15) is 15.9 Å². The first-order valence-corrected chi connectivity index (χ1v) is 6.16. The third kappa shape index (κ3) is 3.69. The van der Waals surface area contributed by atoms with Gasteiger partial charge in [-0.15, -0.1) is 0 Å². The number of nitrogens with one attached hydrogen (secondary N) is 1. The molecule has 3 rings (SSSR count). The predicted octanol–water partition coefficient (Wildman–Crippen LogP) is -1.61. The van der Waals surface area contributed by atoms with Crippen molar-refractivity contribution in [3.63, 3.8) is 0 Å². The molecule has 0 aromatic heterocycles. The molecular formula is C15H12NNaO4. The summed E-state index contributed by atoms with van der Waals surface area (Å²) in [7, 11) is 0. The van der Waals surface area contributed by atoms with Crippen molar-refractivity contribution in [1.29, 1.82) is 0 Å². The van der Waals surface area contributed by atoms with Gasteiger partial charge in [-0.3, -0.25) is 0 Å². The molecule has 0 fully saturated rings. The van der Waals surface area contributed by atoms with Gasteiger partial charge in [0.05, 0.1) is 5.97 Å². The maximum Gasteiger partial charge on any atom is 1.00 e. The zero-order chi connectivity index (χ0) is 13.9. The summed E-state index contributed by atoms with van der Waals surface area (Å²) in [5, 5.41) is 13.9. The number of hydrogen-bond acceptors (Lipinski definition) is 5. The molecule has 0 amide bonds. The van der Waals surface area contributed by atoms with Gasteiger partial charge in [-0.2, -0.15) is 0 Å². The van der Waals surface area contributed by atoms with Crippen LogP contribution in [-0.2, 0) is 6.54 Å². The van der Waals surface area contributed by atoms with E-state index in [9.17, 15) is 9.90 Å². The molecule has 2 aromatic carbocycles. The number of ether oxygens (including phenoxy) is 2. The van der Waals surface area contributed by atoms with Crippen LogP contribution in [0.15, 0.2) is 42.5 Å². The normalized spacial score (nSPS) is 11.6. The summed E-state index contributed by atoms with van der Waals surface area (Å²) in [5.74, 6) is 0.330. The van der Waals surface area contributed by atoms with E-state index in [1.165, 1.54) is 12.1 Å². The molecule has 0 saturated heterocycles. The average Bonchev–Trinajstić information content (AvgIpc) is 2.93. The molecule has 6 heteroatoms. The van der Waals surface area contributed by atoms with Gasteiger partial charge in [0.25, 0.3) is 0 Å². The van der Waals surface area contributed by atoms with Gasteiger partial charge in [-0.05, 0) is 35.4 Å². The van der Waals surface area contributed by atoms with Crippen LogP contribution in [0, 0.1) is 0 Å². The third-order valence-electron chi connectivity index (χ3n) is 3.05. The Bertz CT molecular complexity index is 643. The molecule has 5 nitrogen and oxygen atoms in total. The summed E-state index contributed by atoms with van der Waals surface area (Å²) < 4.78 is 10.6. The molecule has 0 atom stereocenters. The van der Waals surface area contributed by atoms with Gasteiger partial charge in [0.1, 0.15) is 0 Å². The minimum Gasteiger partial charge on any atom is -0.545 e. The summed E-state index contributed by atoms with van der Waals surface area (Å²) in [5.41, 5.74) is 2.06. The van der Waals surface area contributed by atoms with Crippen LogP contribution in [-0.4, -0.2) is 12.8 Å². The fourth-order valence-corrected chi connectivity index (χ4v) is 1.98. The van der Waals surface area contributed by atoms with Gasteiger partial charge in [0, 0.05) is 12.2 Å². The Labute approximate surface area is 144 Å². The molecular weight excluding hydrogens is 281 g/mol. The minimum absolute atomic E-state index is 0. The molecule has 0 radical (unpaired) electrons. The number of carboxylic acids is 1. The number of anilines is 1. The van der Waals surface area contributed by atoms with Crippen molar-refractivity contribution in [2.75, 3.05) is 12.1 Å². The van der Waals surface area contributed by atoms with Crippen LogP contribution < -0.4 is 49.5 Å². The minimum atomic E-state index is -1.17. The SMILES string of the molecule is O=C([O-])c1ccc(NCc2ccc3c(c2)OCO3)cc1.[Na+]. The molecule has 0 spiro atoms. The van der Waals surface area contributed by atoms with Gasteiger partial charge in [-0.25, -0.2) is 0 Å². The first kappa shape index (κ1) is 15.7. The Balaban J connectivity index is 0.00000161. The van der Waals surface area contributed by atoms with Gasteiger partial charge in [-0.1, -0.05) is 18.2 Å². The summed E-state index contributed by atoms with van der Waals surface area (Å²) >= 11 is 0. The second kappa shape index (κ2) is 6.85. The van der Waals surface area contributed by atoms with Crippen molar-refractivity contribution in [1.82, 2.24) is 0 Å². The topological polar surface area (TPSA) is 70.6 Å². The number of carbonyl (C=O) groups is 1. The largest absolute Gasteiger partial charge is 1.00 e. The van der Waals surface area contributed by atoms with E-state index in [4.69, 9.17) is 9.47 Å². The summed E-state index contributed by atoms with van der Waals surface area (Å²) in [6.45, 7) is 0.873. The fraction of sp³-hybridized carbons (Fsp3) is 0.133. The number of benzene rings is 2. The van der Waals surface area contributed by atoms with Crippen LogP contribution in [0.4, 0.5) is 5.69 Å². The van der Waals surface area contributed by atoms with Gasteiger partial charge in [0.2, 0.25) is 6.79 Å². The molecule has 0 bridgehead atoms. The van der Waals surface area contributed by atoms with Crippen LogP contribution >= 0.6 is 0 Å². The summed E-state index contributed by atoms with van der Waals surface area (Å²) in [4.78, 5) is 10.6. The number of rotatable bonds is 4. The van der Waals surface area contributed by atoms with E-state index < -0.39 is 5.97 Å². The number of aromatic carboxylic acids is 1. The van der Waals surface area contributed by atoms with E-state index >= 15 is 0 Å². The Kier molecular flexibility index (Phi) is 5.12. The van der Waals surface area contributed by atoms with Crippen molar-refractivity contribution in [3.05, 3.63) is 53.6 Å². The predicted molar refractivity (Wildman–Crippen MR) is 70.7 cm³/mol. The maximum atomic E-state index is 10.6. The van der Waals surface area contributed by atoms with Crippen molar-refractivity contribution < 1.29 is 48.9 Å². The fourth-order valence-electron chi connectivity index (χ4n) is 1.98. The van der Waals surface area contributed by atoms with E-state index in [-0.39, 0.29) is 41.9 Å². The van der Waals surface area contributed by atoms with Crippen LogP contribution in [0.2, 0.25) is 0 Å². The molecule has 0 unspecified atom stereocenters. The molecule has 1 aliphatic heterocycles. The standard InChI is InChI=1S/C15H13NO4.Na/c17-15(18)11-2-4-12(5-3-11)16-8-10-1-6-13-14(7-10)20-9-19-13;/h1-7,16H,8-9H2,(H,17,18);/q;+1/p-1. The van der Waals surface area contributed by atoms with Crippen LogP contribution in [0.5, 0.6) is 11.5 Å². The summed E-state index contributed by atoms with van der Waals surface area (Å²) in [6, 6.07) is 12.2. The van der Waals surface area contributed by atoms with E-state index in [0.29, 0.717) is 6.54 Å². The first-order chi connectivity index (χ1) is 9.72. The van der Waals surface area contributed by atoms with E-state index in [2.05, 4.69) is 5.32 Å². The van der Waals surface area contributed by atoms with Crippen molar-refractivity contribution >= 4 is 11.7 Å². The number of hydrogen-bond donors (Lipinski definition) is 1. The van der Waals surface area contributed by atoms with E-state index in [1.54, 1.807) is 12.1 Å². The van der Waals surface area contributed by atoms with Crippen molar-refractivity contribution in [2.45, 2.75) is 6.54 Å². The Morgan fingerprint density at radius 2 is 1.81 bits per heavy atom. The molecule has 2 aromatic rings. The van der Waals surface area contributed by atoms with Crippen molar-refractivity contribution in [2.24, 2.45) is 0 Å². The average molecular weight is 293 g/mol. The quantitative estimate of drug-likeness (QED) is 0.687. The van der Waals surface area contributed by atoms with E-state index in [1.807, 2.05) is 18.2 Å². The molecule has 102 valence electrons. The molecule has 0 saturated carbocycles. The number of carbonyl (C=O) groups excluding carboxylic acids is 1. The van der Waals surface area contributed by atoms with Crippen molar-refractivity contribution in [3.8, 4) is 11.5 Å². The monoisotopic (exact) mass is 293 g/mol. The van der Waals surface area contributed by atoms with Crippen LogP contribution in [0.3, 0.4) is 0 Å². The molecule has 21 heavy (non-hydrogen) atoms. The van der Waals surface area contributed by atoms with Crippen LogP contribution in [0.25, 0.3) is 0 Å². The van der Waals surface area contributed by atoms with Gasteiger partial charge >= 0.3 is 29.6 Å². The molecule has 1 heterocycles. The Hall–Kier alpha value is -1.69. The number of fused-ring (bicyclic) bond motifs is 1. The number of carboxylic acid groups (broad SMARTS) is 1. The van der Waals surface area contributed by atoms with Gasteiger partial charge < -0.3 is 24.7 Å². The summed E-state index contributed by atoms with van der Waals surface area (Å²) in [6.07, 6.45) is 0. The first-order valence-electron chi connectivity index (χ1n) is 6.16. The van der Waals surface area contributed by atoms with Gasteiger partial charge in [0.15, 0.2) is 11.5 Å². The molecule has 0 aliphatic carbocycles. The second-order valence-electron chi connectivity index (χ2n) is 4.41. The second-order valence-corrected chi connectivity index (χ2v) is 4.41. The smallest absolute Gasteiger partial charge is 0.545 e. The molecule has 1 aliphatic rings. The Morgan fingerprint density at radius 3 is 2.52 bits per heavy atom.